The SMILES string of the molecule is CCCCCCCCCCCCCCCC[C@@H](O)CNCCN. The van der Waals surface area contributed by atoms with Gasteiger partial charge in [-0.2, -0.15) is 0 Å². The number of rotatable bonds is 19. The van der Waals surface area contributed by atoms with Gasteiger partial charge in [-0.05, 0) is 6.42 Å². The highest BCUT2D eigenvalue weighted by atomic mass is 16.3. The Bertz CT molecular complexity index is 212. The summed E-state index contributed by atoms with van der Waals surface area (Å²) in [5.41, 5.74) is 5.40. The van der Waals surface area contributed by atoms with Crippen molar-refractivity contribution in [1.82, 2.24) is 5.32 Å². The molecule has 0 fully saturated rings. The van der Waals surface area contributed by atoms with Crippen LogP contribution in [0.5, 0.6) is 0 Å². The zero-order chi connectivity index (χ0) is 17.0. The summed E-state index contributed by atoms with van der Waals surface area (Å²) < 4.78 is 0. The molecule has 4 N–H and O–H groups in total. The molecular formula is C20H44N2O. The molecule has 0 aliphatic carbocycles. The summed E-state index contributed by atoms with van der Waals surface area (Å²) >= 11 is 0. The summed E-state index contributed by atoms with van der Waals surface area (Å²) in [6.07, 6.45) is 20.1. The molecule has 0 rings (SSSR count). The first-order chi connectivity index (χ1) is 11.3. The molecule has 23 heavy (non-hydrogen) atoms. The van der Waals surface area contributed by atoms with Crippen molar-refractivity contribution in [3.63, 3.8) is 0 Å². The molecule has 0 unspecified atom stereocenters. The number of unbranched alkanes of at least 4 members (excludes halogenated alkanes) is 13. The van der Waals surface area contributed by atoms with E-state index in [2.05, 4.69) is 12.2 Å². The summed E-state index contributed by atoms with van der Waals surface area (Å²) in [6.45, 7) is 4.42. The molecule has 0 aliphatic rings. The molecule has 3 nitrogen and oxygen atoms in total. The normalized spacial score (nSPS) is 12.7. The maximum absolute atomic E-state index is 9.76. The summed E-state index contributed by atoms with van der Waals surface area (Å²) in [7, 11) is 0. The van der Waals surface area contributed by atoms with Gasteiger partial charge in [-0.15, -0.1) is 0 Å². The van der Waals surface area contributed by atoms with Crippen molar-refractivity contribution in [1.29, 1.82) is 0 Å². The Kier molecular flexibility index (Phi) is 19.8. The zero-order valence-electron chi connectivity index (χ0n) is 15.8. The second-order valence-corrected chi connectivity index (χ2v) is 7.03. The Morgan fingerprint density at radius 1 is 0.739 bits per heavy atom. The highest BCUT2D eigenvalue weighted by Crippen LogP contribution is 2.13. The van der Waals surface area contributed by atoms with Crippen LogP contribution in [0.25, 0.3) is 0 Å². The van der Waals surface area contributed by atoms with E-state index in [-0.39, 0.29) is 6.10 Å². The van der Waals surface area contributed by atoms with E-state index in [1.54, 1.807) is 0 Å². The number of hydrogen-bond acceptors (Lipinski definition) is 3. The van der Waals surface area contributed by atoms with E-state index in [1.165, 1.54) is 83.5 Å². The smallest absolute Gasteiger partial charge is 0.0664 e. The lowest BCUT2D eigenvalue weighted by Gasteiger charge is -2.11. The van der Waals surface area contributed by atoms with Gasteiger partial charge in [-0.25, -0.2) is 0 Å². The molecule has 0 radical (unpaired) electrons. The Hall–Kier alpha value is -0.120. The molecule has 1 atom stereocenters. The first-order valence-electron chi connectivity index (χ1n) is 10.4. The third kappa shape index (κ3) is 19.8. The molecule has 0 saturated carbocycles. The number of aliphatic hydroxyl groups excluding tert-OH is 1. The average molecular weight is 329 g/mol. The van der Waals surface area contributed by atoms with Crippen LogP contribution in [-0.2, 0) is 0 Å². The third-order valence-electron chi connectivity index (χ3n) is 4.59. The molecule has 0 aromatic carbocycles. The fourth-order valence-electron chi connectivity index (χ4n) is 3.05. The van der Waals surface area contributed by atoms with Gasteiger partial charge in [-0.1, -0.05) is 96.8 Å². The summed E-state index contributed by atoms with van der Waals surface area (Å²) in [5.74, 6) is 0. The number of nitrogens with two attached hydrogens (primary N) is 1. The maximum Gasteiger partial charge on any atom is 0.0664 e. The Morgan fingerprint density at radius 2 is 1.17 bits per heavy atom. The van der Waals surface area contributed by atoms with Crippen LogP contribution in [0.2, 0.25) is 0 Å². The lowest BCUT2D eigenvalue weighted by atomic mass is 10.0. The largest absolute Gasteiger partial charge is 0.392 e. The minimum absolute atomic E-state index is 0.195. The summed E-state index contributed by atoms with van der Waals surface area (Å²) in [4.78, 5) is 0. The van der Waals surface area contributed by atoms with Gasteiger partial charge < -0.3 is 16.2 Å². The van der Waals surface area contributed by atoms with Crippen LogP contribution in [0.3, 0.4) is 0 Å². The van der Waals surface area contributed by atoms with E-state index in [4.69, 9.17) is 5.73 Å². The van der Waals surface area contributed by atoms with Gasteiger partial charge in [0.15, 0.2) is 0 Å². The second kappa shape index (κ2) is 19.9. The van der Waals surface area contributed by atoms with Crippen molar-refractivity contribution in [2.45, 2.75) is 109 Å². The van der Waals surface area contributed by atoms with E-state index in [0.717, 1.165) is 19.4 Å². The second-order valence-electron chi connectivity index (χ2n) is 7.03. The van der Waals surface area contributed by atoms with Gasteiger partial charge in [0.2, 0.25) is 0 Å². The van der Waals surface area contributed by atoms with Crippen molar-refractivity contribution in [3.8, 4) is 0 Å². The van der Waals surface area contributed by atoms with Crippen LogP contribution >= 0.6 is 0 Å². The molecule has 0 aromatic rings. The van der Waals surface area contributed by atoms with Crippen LogP contribution in [0.1, 0.15) is 103 Å². The van der Waals surface area contributed by atoms with E-state index >= 15 is 0 Å². The molecular weight excluding hydrogens is 284 g/mol. The molecule has 0 aliphatic heterocycles. The first kappa shape index (κ1) is 22.9. The van der Waals surface area contributed by atoms with Gasteiger partial charge in [0.05, 0.1) is 6.10 Å². The van der Waals surface area contributed by atoms with Gasteiger partial charge in [0.25, 0.3) is 0 Å². The minimum atomic E-state index is -0.195. The standard InChI is InChI=1S/C20H44N2O/c1-2-3-4-5-6-7-8-9-10-11-12-13-14-15-16-20(23)19-22-18-17-21/h20,22-23H,2-19,21H2,1H3/t20-/m1/s1. The molecule has 0 spiro atoms. The maximum atomic E-state index is 9.76. The lowest BCUT2D eigenvalue weighted by molar-refractivity contribution is 0.158. The van der Waals surface area contributed by atoms with Crippen LogP contribution < -0.4 is 11.1 Å². The van der Waals surface area contributed by atoms with Crippen LogP contribution in [0, 0.1) is 0 Å². The van der Waals surface area contributed by atoms with Crippen LogP contribution in [0.15, 0.2) is 0 Å². The zero-order valence-corrected chi connectivity index (χ0v) is 15.8. The fraction of sp³-hybridized carbons (Fsp3) is 1.00. The van der Waals surface area contributed by atoms with Crippen molar-refractivity contribution in [2.24, 2.45) is 5.73 Å². The summed E-state index contributed by atoms with van der Waals surface area (Å²) in [5, 5.41) is 12.9. The predicted molar refractivity (Wildman–Crippen MR) is 103 cm³/mol. The van der Waals surface area contributed by atoms with Gasteiger partial charge in [0, 0.05) is 19.6 Å². The molecule has 0 aromatic heterocycles. The van der Waals surface area contributed by atoms with E-state index in [9.17, 15) is 5.11 Å². The van der Waals surface area contributed by atoms with Crippen LogP contribution in [0.4, 0.5) is 0 Å². The fourth-order valence-corrected chi connectivity index (χ4v) is 3.05. The monoisotopic (exact) mass is 328 g/mol. The number of aliphatic hydroxyl groups is 1. The molecule has 0 amide bonds. The van der Waals surface area contributed by atoms with E-state index in [1.807, 2.05) is 0 Å². The Morgan fingerprint density at radius 3 is 1.61 bits per heavy atom. The lowest BCUT2D eigenvalue weighted by Crippen LogP contribution is -2.30. The van der Waals surface area contributed by atoms with Crippen LogP contribution in [-0.4, -0.2) is 30.8 Å². The van der Waals surface area contributed by atoms with E-state index in [0.29, 0.717) is 13.1 Å². The van der Waals surface area contributed by atoms with Crippen molar-refractivity contribution >= 4 is 0 Å². The predicted octanol–water partition coefficient (Wildman–Crippen LogP) is 4.77. The van der Waals surface area contributed by atoms with E-state index < -0.39 is 0 Å². The quantitative estimate of drug-likeness (QED) is 0.299. The summed E-state index contributed by atoms with van der Waals surface area (Å²) in [6, 6.07) is 0. The van der Waals surface area contributed by atoms with Crippen molar-refractivity contribution < 1.29 is 5.11 Å². The topological polar surface area (TPSA) is 58.3 Å². The molecule has 0 bridgehead atoms. The van der Waals surface area contributed by atoms with Crippen molar-refractivity contribution in [2.75, 3.05) is 19.6 Å². The molecule has 3 heteroatoms. The Labute approximate surface area is 145 Å². The van der Waals surface area contributed by atoms with Gasteiger partial charge in [0.1, 0.15) is 0 Å². The van der Waals surface area contributed by atoms with Gasteiger partial charge >= 0.3 is 0 Å². The highest BCUT2D eigenvalue weighted by molar-refractivity contribution is 4.60. The van der Waals surface area contributed by atoms with Crippen molar-refractivity contribution in [3.05, 3.63) is 0 Å². The average Bonchev–Trinajstić information content (AvgIpc) is 2.55. The van der Waals surface area contributed by atoms with Gasteiger partial charge in [-0.3, -0.25) is 0 Å². The molecule has 140 valence electrons. The number of nitrogens with one attached hydrogen (secondary N) is 1. The Balaban J connectivity index is 3.05. The minimum Gasteiger partial charge on any atom is -0.392 e. The first-order valence-corrected chi connectivity index (χ1v) is 10.4. The number of hydrogen-bond donors (Lipinski definition) is 3. The third-order valence-corrected chi connectivity index (χ3v) is 4.59. The molecule has 0 heterocycles. The molecule has 0 saturated heterocycles. The highest BCUT2D eigenvalue weighted by Gasteiger charge is 2.02.